The summed E-state index contributed by atoms with van der Waals surface area (Å²) in [4.78, 5) is 12.4. The topological polar surface area (TPSA) is 56.0 Å². The zero-order valence-electron chi connectivity index (χ0n) is 6.38. The standard InChI is InChI=1S/C6H2BrF3N2O2/c7-5-2-3(12(13)14)1-4(11-5)6(8,9)10/h1-2H. The molecule has 0 saturated carbocycles. The van der Waals surface area contributed by atoms with Crippen LogP contribution in [0.5, 0.6) is 0 Å². The lowest BCUT2D eigenvalue weighted by molar-refractivity contribution is -0.385. The van der Waals surface area contributed by atoms with Gasteiger partial charge in [0.15, 0.2) is 5.69 Å². The lowest BCUT2D eigenvalue weighted by atomic mass is 10.3. The van der Waals surface area contributed by atoms with Crippen LogP contribution in [0.15, 0.2) is 16.7 Å². The number of aromatic nitrogens is 1. The molecule has 4 nitrogen and oxygen atoms in total. The van der Waals surface area contributed by atoms with E-state index in [1.54, 1.807) is 0 Å². The zero-order valence-corrected chi connectivity index (χ0v) is 7.96. The smallest absolute Gasteiger partial charge is 0.258 e. The third kappa shape index (κ3) is 2.41. The first-order valence-electron chi connectivity index (χ1n) is 3.20. The Bertz CT molecular complexity index is 380. The molecule has 0 atom stereocenters. The molecule has 0 aromatic carbocycles. The van der Waals surface area contributed by atoms with Crippen LogP contribution in [0.1, 0.15) is 5.69 Å². The average molecular weight is 271 g/mol. The van der Waals surface area contributed by atoms with Crippen molar-refractivity contribution in [2.75, 3.05) is 0 Å². The van der Waals surface area contributed by atoms with E-state index >= 15 is 0 Å². The van der Waals surface area contributed by atoms with Crippen LogP contribution >= 0.6 is 15.9 Å². The lowest BCUT2D eigenvalue weighted by Crippen LogP contribution is -2.08. The van der Waals surface area contributed by atoms with E-state index in [2.05, 4.69) is 20.9 Å². The van der Waals surface area contributed by atoms with Crippen molar-refractivity contribution >= 4 is 21.6 Å². The molecule has 76 valence electrons. The van der Waals surface area contributed by atoms with E-state index < -0.39 is 22.5 Å². The van der Waals surface area contributed by atoms with Crippen LogP contribution in [0.3, 0.4) is 0 Å². The van der Waals surface area contributed by atoms with Crippen molar-refractivity contribution in [3.63, 3.8) is 0 Å². The molecule has 14 heavy (non-hydrogen) atoms. The molecule has 1 aromatic heterocycles. The number of hydrogen-bond acceptors (Lipinski definition) is 3. The molecular weight excluding hydrogens is 269 g/mol. The number of nitrogens with zero attached hydrogens (tertiary/aromatic N) is 2. The monoisotopic (exact) mass is 270 g/mol. The Morgan fingerprint density at radius 2 is 2.00 bits per heavy atom. The van der Waals surface area contributed by atoms with Gasteiger partial charge >= 0.3 is 6.18 Å². The van der Waals surface area contributed by atoms with Gasteiger partial charge in [0, 0.05) is 12.1 Å². The predicted molar refractivity (Wildman–Crippen MR) is 43.6 cm³/mol. The number of rotatable bonds is 1. The van der Waals surface area contributed by atoms with Crippen LogP contribution < -0.4 is 0 Å². The van der Waals surface area contributed by atoms with Gasteiger partial charge in [0.25, 0.3) is 5.69 Å². The Kier molecular flexibility index (Phi) is 2.74. The van der Waals surface area contributed by atoms with E-state index in [1.165, 1.54) is 0 Å². The van der Waals surface area contributed by atoms with Crippen molar-refractivity contribution in [3.8, 4) is 0 Å². The molecule has 0 aliphatic heterocycles. The van der Waals surface area contributed by atoms with Gasteiger partial charge in [-0.2, -0.15) is 13.2 Å². The van der Waals surface area contributed by atoms with Crippen molar-refractivity contribution in [3.05, 3.63) is 32.5 Å². The molecule has 0 aliphatic rings. The summed E-state index contributed by atoms with van der Waals surface area (Å²) in [6, 6.07) is 1.28. The van der Waals surface area contributed by atoms with Crippen LogP contribution in [0, 0.1) is 10.1 Å². The molecular formula is C6H2BrF3N2O2. The summed E-state index contributed by atoms with van der Waals surface area (Å²) < 4.78 is 36.1. The second-order valence-electron chi connectivity index (χ2n) is 2.29. The summed E-state index contributed by atoms with van der Waals surface area (Å²) in [5.41, 5.74) is -1.95. The van der Waals surface area contributed by atoms with Crippen LogP contribution in [0.25, 0.3) is 0 Å². The van der Waals surface area contributed by atoms with Crippen molar-refractivity contribution in [1.29, 1.82) is 0 Å². The van der Waals surface area contributed by atoms with Crippen LogP contribution in [0.2, 0.25) is 0 Å². The Morgan fingerprint density at radius 3 is 2.43 bits per heavy atom. The molecule has 1 rings (SSSR count). The minimum absolute atomic E-state index is 0.223. The third-order valence-corrected chi connectivity index (χ3v) is 1.69. The molecule has 0 N–H and O–H groups in total. The largest absolute Gasteiger partial charge is 0.433 e. The Hall–Kier alpha value is -1.18. The maximum absolute atomic E-state index is 12.1. The number of pyridine rings is 1. The van der Waals surface area contributed by atoms with E-state index in [0.29, 0.717) is 6.07 Å². The number of alkyl halides is 3. The SMILES string of the molecule is O=[N+]([O-])c1cc(Br)nc(C(F)(F)F)c1. The number of halogens is 4. The second kappa shape index (κ2) is 3.52. The highest BCUT2D eigenvalue weighted by Gasteiger charge is 2.34. The zero-order chi connectivity index (χ0) is 10.9. The van der Waals surface area contributed by atoms with Gasteiger partial charge < -0.3 is 0 Å². The van der Waals surface area contributed by atoms with Gasteiger partial charge in [-0.15, -0.1) is 0 Å². The van der Waals surface area contributed by atoms with Gasteiger partial charge in [-0.05, 0) is 15.9 Å². The number of hydrogen-bond donors (Lipinski definition) is 0. The summed E-state index contributed by atoms with van der Waals surface area (Å²) in [7, 11) is 0. The van der Waals surface area contributed by atoms with E-state index in [-0.39, 0.29) is 4.60 Å². The average Bonchev–Trinajstić information content (AvgIpc) is 2.01. The van der Waals surface area contributed by atoms with Gasteiger partial charge in [-0.3, -0.25) is 10.1 Å². The van der Waals surface area contributed by atoms with E-state index in [4.69, 9.17) is 0 Å². The quantitative estimate of drug-likeness (QED) is 0.448. The van der Waals surface area contributed by atoms with Gasteiger partial charge in [-0.1, -0.05) is 0 Å². The Labute approximate surface area is 84.0 Å². The van der Waals surface area contributed by atoms with Gasteiger partial charge in [0.05, 0.1) is 4.92 Å². The maximum Gasteiger partial charge on any atom is 0.433 e. The number of nitro groups is 1. The highest BCUT2D eigenvalue weighted by Crippen LogP contribution is 2.31. The molecule has 0 radical (unpaired) electrons. The summed E-state index contributed by atoms with van der Waals surface area (Å²) in [6.45, 7) is 0. The van der Waals surface area contributed by atoms with E-state index in [9.17, 15) is 23.3 Å². The van der Waals surface area contributed by atoms with Crippen molar-refractivity contribution < 1.29 is 18.1 Å². The van der Waals surface area contributed by atoms with Gasteiger partial charge in [-0.25, -0.2) is 4.98 Å². The highest BCUT2D eigenvalue weighted by atomic mass is 79.9. The normalized spacial score (nSPS) is 11.4. The van der Waals surface area contributed by atoms with Crippen molar-refractivity contribution in [2.24, 2.45) is 0 Å². The molecule has 0 spiro atoms. The maximum atomic E-state index is 12.1. The van der Waals surface area contributed by atoms with Gasteiger partial charge in [0.2, 0.25) is 0 Å². The molecule has 0 unspecified atom stereocenters. The van der Waals surface area contributed by atoms with E-state index in [1.807, 2.05) is 0 Å². The first-order chi connectivity index (χ1) is 6.30. The summed E-state index contributed by atoms with van der Waals surface area (Å²) in [6.07, 6.45) is -4.69. The van der Waals surface area contributed by atoms with Crippen molar-refractivity contribution in [1.82, 2.24) is 4.98 Å². The first kappa shape index (κ1) is 10.9. The fourth-order valence-electron chi connectivity index (χ4n) is 0.734. The Balaban J connectivity index is 3.28. The summed E-state index contributed by atoms with van der Waals surface area (Å²) in [5, 5.41) is 10.2. The minimum atomic E-state index is -4.69. The molecule has 8 heteroatoms. The fourth-order valence-corrected chi connectivity index (χ4v) is 1.16. The second-order valence-corrected chi connectivity index (χ2v) is 3.10. The molecule has 1 aromatic rings. The van der Waals surface area contributed by atoms with Crippen LogP contribution in [-0.2, 0) is 6.18 Å². The molecule has 0 saturated heterocycles. The first-order valence-corrected chi connectivity index (χ1v) is 3.99. The molecule has 0 aliphatic carbocycles. The molecule has 1 heterocycles. The summed E-state index contributed by atoms with van der Waals surface area (Å²) >= 11 is 2.66. The lowest BCUT2D eigenvalue weighted by Gasteiger charge is -2.04. The van der Waals surface area contributed by atoms with Crippen molar-refractivity contribution in [2.45, 2.75) is 6.18 Å². The van der Waals surface area contributed by atoms with Gasteiger partial charge in [0.1, 0.15) is 4.60 Å². The summed E-state index contributed by atoms with van der Waals surface area (Å²) in [5.74, 6) is 0. The minimum Gasteiger partial charge on any atom is -0.258 e. The predicted octanol–water partition coefficient (Wildman–Crippen LogP) is 2.77. The van der Waals surface area contributed by atoms with Crippen LogP contribution in [-0.4, -0.2) is 9.91 Å². The molecule has 0 bridgehead atoms. The molecule has 0 fully saturated rings. The van der Waals surface area contributed by atoms with Crippen LogP contribution in [0.4, 0.5) is 18.9 Å². The fraction of sp³-hybridized carbons (Fsp3) is 0.167. The van der Waals surface area contributed by atoms with E-state index in [0.717, 1.165) is 6.07 Å². The Morgan fingerprint density at radius 1 is 1.43 bits per heavy atom. The molecule has 0 amide bonds. The highest BCUT2D eigenvalue weighted by molar-refractivity contribution is 9.10. The third-order valence-electron chi connectivity index (χ3n) is 1.28.